The molecule has 0 aliphatic heterocycles. The van der Waals surface area contributed by atoms with Gasteiger partial charge in [0.05, 0.1) is 13.0 Å². The SMILES string of the molecule is CCOC(=O)CC(Cc1ccc(CC)cc1)NCCCO. The van der Waals surface area contributed by atoms with Gasteiger partial charge in [-0.05, 0) is 43.9 Å². The highest BCUT2D eigenvalue weighted by Crippen LogP contribution is 2.10. The quantitative estimate of drug-likeness (QED) is 0.512. The molecule has 0 aliphatic carbocycles. The van der Waals surface area contributed by atoms with Gasteiger partial charge in [-0.1, -0.05) is 31.2 Å². The lowest BCUT2D eigenvalue weighted by molar-refractivity contribution is -0.143. The fourth-order valence-corrected chi connectivity index (χ4v) is 2.22. The molecule has 0 saturated heterocycles. The van der Waals surface area contributed by atoms with Crippen molar-refractivity contribution < 1.29 is 14.6 Å². The van der Waals surface area contributed by atoms with E-state index in [1.807, 2.05) is 6.92 Å². The van der Waals surface area contributed by atoms with Crippen LogP contribution in [0.4, 0.5) is 0 Å². The summed E-state index contributed by atoms with van der Waals surface area (Å²) in [5.41, 5.74) is 2.52. The Balaban J connectivity index is 2.58. The molecule has 0 fully saturated rings. The summed E-state index contributed by atoms with van der Waals surface area (Å²) in [5, 5.41) is 12.2. The Kier molecular flexibility index (Phi) is 8.71. The summed E-state index contributed by atoms with van der Waals surface area (Å²) in [6, 6.07) is 8.53. The van der Waals surface area contributed by atoms with E-state index >= 15 is 0 Å². The molecule has 4 nitrogen and oxygen atoms in total. The fraction of sp³-hybridized carbons (Fsp3) is 0.588. The van der Waals surface area contributed by atoms with Crippen molar-refractivity contribution in [3.05, 3.63) is 35.4 Å². The molecule has 1 rings (SSSR count). The molecule has 4 heteroatoms. The Morgan fingerprint density at radius 2 is 1.90 bits per heavy atom. The molecular formula is C17H27NO3. The molecule has 0 spiro atoms. The van der Waals surface area contributed by atoms with Gasteiger partial charge in [0.15, 0.2) is 0 Å². The van der Waals surface area contributed by atoms with Crippen molar-refractivity contribution in [2.24, 2.45) is 0 Å². The molecule has 0 saturated carbocycles. The molecule has 2 N–H and O–H groups in total. The molecule has 0 aliphatic rings. The number of hydrogen-bond donors (Lipinski definition) is 2. The van der Waals surface area contributed by atoms with E-state index in [1.54, 1.807) is 0 Å². The first-order valence-electron chi connectivity index (χ1n) is 7.77. The van der Waals surface area contributed by atoms with E-state index < -0.39 is 0 Å². The summed E-state index contributed by atoms with van der Waals surface area (Å²) in [7, 11) is 0. The van der Waals surface area contributed by atoms with Crippen LogP contribution in [0.1, 0.15) is 37.8 Å². The smallest absolute Gasteiger partial charge is 0.307 e. The molecular weight excluding hydrogens is 266 g/mol. The molecule has 0 aromatic heterocycles. The van der Waals surface area contributed by atoms with Crippen LogP contribution in [0.25, 0.3) is 0 Å². The number of carbonyl (C=O) groups is 1. The number of nitrogens with one attached hydrogen (secondary N) is 1. The van der Waals surface area contributed by atoms with Crippen LogP contribution in [0.3, 0.4) is 0 Å². The molecule has 1 atom stereocenters. The zero-order valence-corrected chi connectivity index (χ0v) is 13.1. The monoisotopic (exact) mass is 293 g/mol. The van der Waals surface area contributed by atoms with Crippen LogP contribution < -0.4 is 5.32 Å². The van der Waals surface area contributed by atoms with Gasteiger partial charge in [0.2, 0.25) is 0 Å². The van der Waals surface area contributed by atoms with E-state index in [2.05, 4.69) is 36.5 Å². The highest BCUT2D eigenvalue weighted by molar-refractivity contribution is 5.70. The number of carbonyl (C=O) groups excluding carboxylic acids is 1. The van der Waals surface area contributed by atoms with E-state index in [0.29, 0.717) is 26.0 Å². The molecule has 21 heavy (non-hydrogen) atoms. The maximum absolute atomic E-state index is 11.7. The second-order valence-electron chi connectivity index (χ2n) is 5.11. The summed E-state index contributed by atoms with van der Waals surface area (Å²) >= 11 is 0. The predicted octanol–water partition coefficient (Wildman–Crippen LogP) is 2.09. The molecule has 0 radical (unpaired) electrons. The Labute approximate surface area is 127 Å². The van der Waals surface area contributed by atoms with Crippen LogP contribution >= 0.6 is 0 Å². The van der Waals surface area contributed by atoms with Crippen molar-refractivity contribution in [1.82, 2.24) is 5.32 Å². The molecule has 1 aromatic carbocycles. The number of rotatable bonds is 10. The molecule has 0 heterocycles. The first-order valence-corrected chi connectivity index (χ1v) is 7.77. The summed E-state index contributed by atoms with van der Waals surface area (Å²) < 4.78 is 5.02. The summed E-state index contributed by atoms with van der Waals surface area (Å²) in [4.78, 5) is 11.7. The third-order valence-corrected chi connectivity index (χ3v) is 3.40. The minimum absolute atomic E-state index is 0.0445. The molecule has 0 bridgehead atoms. The summed E-state index contributed by atoms with van der Waals surface area (Å²) in [5.74, 6) is -0.177. The number of esters is 1. The molecule has 0 amide bonds. The van der Waals surface area contributed by atoms with Gasteiger partial charge >= 0.3 is 5.97 Å². The van der Waals surface area contributed by atoms with Gasteiger partial charge in [-0.25, -0.2) is 0 Å². The Morgan fingerprint density at radius 1 is 1.24 bits per heavy atom. The van der Waals surface area contributed by atoms with Crippen molar-refractivity contribution in [2.75, 3.05) is 19.8 Å². The highest BCUT2D eigenvalue weighted by atomic mass is 16.5. The molecule has 1 aromatic rings. The summed E-state index contributed by atoms with van der Waals surface area (Å²) in [6.45, 7) is 5.22. The number of ether oxygens (including phenoxy) is 1. The van der Waals surface area contributed by atoms with Gasteiger partial charge < -0.3 is 15.2 Å². The van der Waals surface area contributed by atoms with Crippen LogP contribution in [0.2, 0.25) is 0 Å². The fourth-order valence-electron chi connectivity index (χ4n) is 2.22. The van der Waals surface area contributed by atoms with Crippen LogP contribution in [0.15, 0.2) is 24.3 Å². The topological polar surface area (TPSA) is 58.6 Å². The lowest BCUT2D eigenvalue weighted by Gasteiger charge is -2.18. The van der Waals surface area contributed by atoms with E-state index in [4.69, 9.17) is 9.84 Å². The van der Waals surface area contributed by atoms with Crippen molar-refractivity contribution >= 4 is 5.97 Å². The summed E-state index contributed by atoms with van der Waals surface area (Å²) in [6.07, 6.45) is 2.86. The van der Waals surface area contributed by atoms with E-state index in [-0.39, 0.29) is 18.6 Å². The molecule has 1 unspecified atom stereocenters. The number of benzene rings is 1. The maximum atomic E-state index is 11.7. The van der Waals surface area contributed by atoms with Gasteiger partial charge in [-0.15, -0.1) is 0 Å². The van der Waals surface area contributed by atoms with E-state index in [9.17, 15) is 4.79 Å². The number of aliphatic hydroxyl groups is 1. The van der Waals surface area contributed by atoms with Gasteiger partial charge in [0.25, 0.3) is 0 Å². The number of aliphatic hydroxyl groups excluding tert-OH is 1. The Morgan fingerprint density at radius 3 is 2.48 bits per heavy atom. The standard InChI is InChI=1S/C17H27NO3/c1-3-14-6-8-15(9-7-14)12-16(18-10-5-11-19)13-17(20)21-4-2/h6-9,16,18-19H,3-5,10-13H2,1-2H3. The Hall–Kier alpha value is -1.39. The second-order valence-corrected chi connectivity index (χ2v) is 5.11. The lowest BCUT2D eigenvalue weighted by Crippen LogP contribution is -2.35. The normalized spacial score (nSPS) is 12.1. The van der Waals surface area contributed by atoms with Gasteiger partial charge in [0.1, 0.15) is 0 Å². The van der Waals surface area contributed by atoms with Crippen molar-refractivity contribution in [1.29, 1.82) is 0 Å². The number of hydrogen-bond acceptors (Lipinski definition) is 4. The lowest BCUT2D eigenvalue weighted by atomic mass is 10.0. The van der Waals surface area contributed by atoms with E-state index in [0.717, 1.165) is 12.8 Å². The maximum Gasteiger partial charge on any atom is 0.307 e. The zero-order valence-electron chi connectivity index (χ0n) is 13.1. The van der Waals surface area contributed by atoms with Gasteiger partial charge in [0, 0.05) is 12.6 Å². The van der Waals surface area contributed by atoms with Crippen molar-refractivity contribution in [2.45, 2.75) is 45.6 Å². The first kappa shape index (κ1) is 17.7. The third kappa shape index (κ3) is 7.25. The average Bonchev–Trinajstić information content (AvgIpc) is 2.48. The van der Waals surface area contributed by atoms with Crippen LogP contribution in [-0.4, -0.2) is 36.9 Å². The highest BCUT2D eigenvalue weighted by Gasteiger charge is 2.14. The largest absolute Gasteiger partial charge is 0.466 e. The van der Waals surface area contributed by atoms with Crippen molar-refractivity contribution in [3.8, 4) is 0 Å². The second kappa shape index (κ2) is 10.4. The van der Waals surface area contributed by atoms with Crippen LogP contribution in [-0.2, 0) is 22.4 Å². The Bertz CT molecular complexity index is 403. The van der Waals surface area contributed by atoms with Crippen LogP contribution in [0, 0.1) is 0 Å². The molecule has 118 valence electrons. The third-order valence-electron chi connectivity index (χ3n) is 3.40. The minimum Gasteiger partial charge on any atom is -0.466 e. The minimum atomic E-state index is -0.177. The van der Waals surface area contributed by atoms with Crippen LogP contribution in [0.5, 0.6) is 0 Å². The zero-order chi connectivity index (χ0) is 15.5. The van der Waals surface area contributed by atoms with E-state index in [1.165, 1.54) is 11.1 Å². The average molecular weight is 293 g/mol. The first-order chi connectivity index (χ1) is 10.2. The van der Waals surface area contributed by atoms with Gasteiger partial charge in [-0.2, -0.15) is 0 Å². The van der Waals surface area contributed by atoms with Gasteiger partial charge in [-0.3, -0.25) is 4.79 Å². The van der Waals surface area contributed by atoms with Crippen molar-refractivity contribution in [3.63, 3.8) is 0 Å². The number of aryl methyl sites for hydroxylation is 1. The predicted molar refractivity (Wildman–Crippen MR) is 84.3 cm³/mol.